The standard InChI is InChI=1S/C11H14N2.CHN/c1-8(12)6-9-7-13-11-5-3-2-4-10(9)11;1-2/h2-5,7-8,13H,6,12H2,1H3;1H. The summed E-state index contributed by atoms with van der Waals surface area (Å²) in [7, 11) is 0. The zero-order valence-corrected chi connectivity index (χ0v) is 8.77. The number of hydrogen-bond donors (Lipinski definition) is 2. The summed E-state index contributed by atoms with van der Waals surface area (Å²) in [5.41, 5.74) is 8.26. The van der Waals surface area contributed by atoms with Gasteiger partial charge in [-0.3, -0.25) is 0 Å². The van der Waals surface area contributed by atoms with Crippen LogP contribution in [0.2, 0.25) is 0 Å². The SMILES string of the molecule is C#N.CC(N)Cc1c[nH]c2ccccc12. The maximum Gasteiger partial charge on any atom is 0.0462 e. The van der Waals surface area contributed by atoms with Crippen LogP contribution >= 0.6 is 0 Å². The number of nitrogens with two attached hydrogens (primary N) is 1. The first-order chi connectivity index (χ1) is 7.27. The lowest BCUT2D eigenvalue weighted by Crippen LogP contribution is -2.17. The summed E-state index contributed by atoms with van der Waals surface area (Å²) in [5, 5.41) is 7.79. The smallest absolute Gasteiger partial charge is 0.0462 e. The molecule has 0 aliphatic carbocycles. The van der Waals surface area contributed by atoms with Gasteiger partial charge in [-0.15, -0.1) is 0 Å². The Morgan fingerprint density at radius 3 is 2.73 bits per heavy atom. The van der Waals surface area contributed by atoms with Gasteiger partial charge in [0.05, 0.1) is 0 Å². The lowest BCUT2D eigenvalue weighted by atomic mass is 10.1. The van der Waals surface area contributed by atoms with E-state index in [9.17, 15) is 0 Å². The molecule has 0 saturated carbocycles. The van der Waals surface area contributed by atoms with E-state index >= 15 is 0 Å². The number of hydrogen-bond acceptors (Lipinski definition) is 2. The summed E-state index contributed by atoms with van der Waals surface area (Å²) < 4.78 is 0. The zero-order chi connectivity index (χ0) is 11.3. The van der Waals surface area contributed by atoms with Crippen molar-refractivity contribution in [1.82, 2.24) is 4.98 Å². The third kappa shape index (κ3) is 2.58. The lowest BCUT2D eigenvalue weighted by molar-refractivity contribution is 0.741. The Bertz CT molecular complexity index is 440. The number of aromatic amines is 1. The topological polar surface area (TPSA) is 65.6 Å². The van der Waals surface area contributed by atoms with Gasteiger partial charge in [0.15, 0.2) is 0 Å². The second-order valence-electron chi connectivity index (χ2n) is 3.54. The Morgan fingerprint density at radius 2 is 2.07 bits per heavy atom. The summed E-state index contributed by atoms with van der Waals surface area (Å²) in [6.45, 7) is 5.53. The molecule has 1 aromatic carbocycles. The Morgan fingerprint density at radius 1 is 1.40 bits per heavy atom. The van der Waals surface area contributed by atoms with Crippen molar-refractivity contribution < 1.29 is 0 Å². The van der Waals surface area contributed by atoms with Crippen LogP contribution in [-0.4, -0.2) is 11.0 Å². The minimum absolute atomic E-state index is 0.221. The number of para-hydroxylation sites is 1. The third-order valence-corrected chi connectivity index (χ3v) is 2.22. The number of nitriles is 1. The molecule has 0 aliphatic heterocycles. The van der Waals surface area contributed by atoms with Gasteiger partial charge in [-0.1, -0.05) is 18.2 Å². The molecule has 1 unspecified atom stereocenters. The van der Waals surface area contributed by atoms with Crippen molar-refractivity contribution in [2.24, 2.45) is 5.73 Å². The molecule has 0 aliphatic rings. The van der Waals surface area contributed by atoms with Crippen LogP contribution in [0.5, 0.6) is 0 Å². The molecule has 3 heteroatoms. The number of fused-ring (bicyclic) bond motifs is 1. The third-order valence-electron chi connectivity index (χ3n) is 2.22. The van der Waals surface area contributed by atoms with Crippen LogP contribution in [0.1, 0.15) is 12.5 Å². The first-order valence-corrected chi connectivity index (χ1v) is 4.84. The van der Waals surface area contributed by atoms with Crippen LogP contribution in [-0.2, 0) is 6.42 Å². The van der Waals surface area contributed by atoms with Crippen LogP contribution < -0.4 is 5.73 Å². The first kappa shape index (κ1) is 11.3. The molecule has 0 radical (unpaired) electrons. The zero-order valence-electron chi connectivity index (χ0n) is 8.77. The maximum absolute atomic E-state index is 6.50. The summed E-state index contributed by atoms with van der Waals surface area (Å²) in [6, 6.07) is 8.53. The van der Waals surface area contributed by atoms with E-state index in [4.69, 9.17) is 11.0 Å². The van der Waals surface area contributed by atoms with Crippen molar-refractivity contribution in [3.63, 3.8) is 0 Å². The fourth-order valence-corrected chi connectivity index (χ4v) is 1.65. The molecule has 0 saturated heterocycles. The Hall–Kier alpha value is -1.79. The second kappa shape index (κ2) is 5.18. The molecule has 3 nitrogen and oxygen atoms in total. The molecule has 15 heavy (non-hydrogen) atoms. The predicted molar refractivity (Wildman–Crippen MR) is 62.3 cm³/mol. The van der Waals surface area contributed by atoms with E-state index in [-0.39, 0.29) is 6.04 Å². The molecular weight excluding hydrogens is 186 g/mol. The fourth-order valence-electron chi connectivity index (χ4n) is 1.65. The van der Waals surface area contributed by atoms with E-state index in [2.05, 4.69) is 29.8 Å². The van der Waals surface area contributed by atoms with Crippen LogP contribution in [0, 0.1) is 11.8 Å². The predicted octanol–water partition coefficient (Wildman–Crippen LogP) is 2.20. The minimum atomic E-state index is 0.221. The number of H-pyrrole nitrogens is 1. The van der Waals surface area contributed by atoms with Gasteiger partial charge in [0, 0.05) is 29.7 Å². The Labute approximate surface area is 89.5 Å². The average molecular weight is 201 g/mol. The van der Waals surface area contributed by atoms with Crippen molar-refractivity contribution in [2.75, 3.05) is 0 Å². The highest BCUT2D eigenvalue weighted by Crippen LogP contribution is 2.18. The molecule has 1 aromatic heterocycles. The number of aromatic nitrogens is 1. The fraction of sp³-hybridized carbons (Fsp3) is 0.250. The quantitative estimate of drug-likeness (QED) is 0.782. The van der Waals surface area contributed by atoms with Crippen LogP contribution in [0.15, 0.2) is 30.5 Å². The molecule has 1 heterocycles. The molecular formula is C12H15N3. The van der Waals surface area contributed by atoms with Gasteiger partial charge in [0.25, 0.3) is 0 Å². The highest BCUT2D eigenvalue weighted by molar-refractivity contribution is 5.83. The van der Waals surface area contributed by atoms with Gasteiger partial charge in [-0.2, -0.15) is 0 Å². The summed E-state index contributed by atoms with van der Waals surface area (Å²) in [6.07, 6.45) is 2.98. The highest BCUT2D eigenvalue weighted by atomic mass is 14.7. The summed E-state index contributed by atoms with van der Waals surface area (Å²) in [4.78, 5) is 3.24. The normalized spacial score (nSPS) is 11.7. The van der Waals surface area contributed by atoms with Crippen molar-refractivity contribution in [3.05, 3.63) is 36.0 Å². The molecule has 0 bridgehead atoms. The number of benzene rings is 1. The second-order valence-corrected chi connectivity index (χ2v) is 3.54. The van der Waals surface area contributed by atoms with E-state index in [1.165, 1.54) is 16.5 Å². The molecule has 2 aromatic rings. The lowest BCUT2D eigenvalue weighted by Gasteiger charge is -2.02. The average Bonchev–Trinajstić information content (AvgIpc) is 2.64. The van der Waals surface area contributed by atoms with Gasteiger partial charge >= 0.3 is 0 Å². The first-order valence-electron chi connectivity index (χ1n) is 4.84. The maximum atomic E-state index is 6.50. The van der Waals surface area contributed by atoms with Crippen LogP contribution in [0.4, 0.5) is 0 Å². The van der Waals surface area contributed by atoms with E-state index < -0.39 is 0 Å². The van der Waals surface area contributed by atoms with Crippen molar-refractivity contribution in [1.29, 1.82) is 5.26 Å². The van der Waals surface area contributed by atoms with Gasteiger partial charge in [-0.05, 0) is 25.0 Å². The minimum Gasteiger partial charge on any atom is -0.361 e. The summed E-state index contributed by atoms with van der Waals surface area (Å²) in [5.74, 6) is 0. The van der Waals surface area contributed by atoms with Crippen molar-refractivity contribution >= 4 is 10.9 Å². The number of nitrogens with one attached hydrogen (secondary N) is 1. The van der Waals surface area contributed by atoms with Crippen molar-refractivity contribution in [3.8, 4) is 6.57 Å². The number of nitrogens with zero attached hydrogens (tertiary/aromatic N) is 1. The monoisotopic (exact) mass is 201 g/mol. The number of rotatable bonds is 2. The van der Waals surface area contributed by atoms with Gasteiger partial charge in [-0.25, -0.2) is 5.26 Å². The van der Waals surface area contributed by atoms with E-state index in [1.807, 2.05) is 19.2 Å². The molecule has 2 rings (SSSR count). The molecule has 0 amide bonds. The van der Waals surface area contributed by atoms with Crippen LogP contribution in [0.25, 0.3) is 10.9 Å². The summed E-state index contributed by atoms with van der Waals surface area (Å²) >= 11 is 0. The van der Waals surface area contributed by atoms with Crippen LogP contribution in [0.3, 0.4) is 0 Å². The molecule has 78 valence electrons. The van der Waals surface area contributed by atoms with Gasteiger partial charge in [0.2, 0.25) is 0 Å². The van der Waals surface area contributed by atoms with Crippen molar-refractivity contribution in [2.45, 2.75) is 19.4 Å². The Kier molecular flexibility index (Phi) is 3.90. The Balaban J connectivity index is 0.000000531. The van der Waals surface area contributed by atoms with E-state index in [1.54, 1.807) is 0 Å². The van der Waals surface area contributed by atoms with Gasteiger partial charge in [0.1, 0.15) is 0 Å². The largest absolute Gasteiger partial charge is 0.361 e. The van der Waals surface area contributed by atoms with E-state index in [0.717, 1.165) is 6.42 Å². The van der Waals surface area contributed by atoms with Gasteiger partial charge < -0.3 is 10.7 Å². The highest BCUT2D eigenvalue weighted by Gasteiger charge is 2.03. The molecule has 0 fully saturated rings. The molecule has 0 spiro atoms. The van der Waals surface area contributed by atoms with E-state index in [0.29, 0.717) is 0 Å². The molecule has 3 N–H and O–H groups in total. The molecule has 1 atom stereocenters.